The minimum Gasteiger partial charge on any atom is -0.375 e. The van der Waals surface area contributed by atoms with Gasteiger partial charge in [-0.3, -0.25) is 4.90 Å². The van der Waals surface area contributed by atoms with Gasteiger partial charge in [0.15, 0.2) is 0 Å². The number of hydrogen-bond donors (Lipinski definition) is 0. The number of benzene rings is 1. The summed E-state index contributed by atoms with van der Waals surface area (Å²) < 4.78 is 8.07. The summed E-state index contributed by atoms with van der Waals surface area (Å²) in [5.41, 5.74) is 2.13. The van der Waals surface area contributed by atoms with Gasteiger partial charge in [0.05, 0.1) is 30.3 Å². The molecule has 2 fully saturated rings. The first-order valence-corrected chi connectivity index (χ1v) is 8.07. The second kappa shape index (κ2) is 5.27. The second-order valence-electron chi connectivity index (χ2n) is 6.10. The summed E-state index contributed by atoms with van der Waals surface area (Å²) in [6.07, 6.45) is 4.17. The van der Waals surface area contributed by atoms with Gasteiger partial charge in [-0.2, -0.15) is 0 Å². The van der Waals surface area contributed by atoms with Crippen LogP contribution in [-0.4, -0.2) is 39.7 Å². The lowest BCUT2D eigenvalue weighted by atomic mass is 10.1. The number of nitrogens with zero attached hydrogens (tertiary/aromatic N) is 3. The summed E-state index contributed by atoms with van der Waals surface area (Å²) in [5, 5.41) is 0.745. The Labute approximate surface area is 129 Å². The van der Waals surface area contributed by atoms with E-state index in [-0.39, 0.29) is 0 Å². The Morgan fingerprint density at radius 3 is 3.19 bits per heavy atom. The normalized spacial score (nSPS) is 26.4. The zero-order valence-electron chi connectivity index (χ0n) is 12.3. The molecule has 5 heteroatoms. The Morgan fingerprint density at radius 1 is 1.38 bits per heavy atom. The van der Waals surface area contributed by atoms with Crippen molar-refractivity contribution in [2.24, 2.45) is 7.05 Å². The summed E-state index contributed by atoms with van der Waals surface area (Å²) in [6, 6.07) is 6.49. The Kier molecular flexibility index (Phi) is 3.40. The molecular formula is C16H20ClN3O. The van der Waals surface area contributed by atoms with E-state index >= 15 is 0 Å². The van der Waals surface area contributed by atoms with E-state index in [9.17, 15) is 0 Å². The third kappa shape index (κ3) is 2.35. The van der Waals surface area contributed by atoms with Crippen LogP contribution < -0.4 is 0 Å². The molecule has 2 aromatic rings. The standard InChI is InChI=1S/C16H20ClN3O/c1-19-13-6-5-11(17)9-12(13)18-16(19)10-20-7-8-21-15-4-2-3-14(15)20/h5-6,9,14-15H,2-4,7-8,10H2,1H3/t14-,15+/m0/s1. The fraction of sp³-hybridized carbons (Fsp3) is 0.562. The van der Waals surface area contributed by atoms with E-state index in [4.69, 9.17) is 21.3 Å². The molecule has 21 heavy (non-hydrogen) atoms. The number of fused-ring (bicyclic) bond motifs is 2. The molecule has 1 saturated carbocycles. The van der Waals surface area contributed by atoms with Gasteiger partial charge in [0.2, 0.25) is 0 Å². The minimum absolute atomic E-state index is 0.433. The van der Waals surface area contributed by atoms with Crippen LogP contribution in [0.1, 0.15) is 25.1 Å². The van der Waals surface area contributed by atoms with Gasteiger partial charge in [0.25, 0.3) is 0 Å². The van der Waals surface area contributed by atoms with E-state index in [1.54, 1.807) is 0 Å². The van der Waals surface area contributed by atoms with Gasteiger partial charge in [0, 0.05) is 24.7 Å². The molecule has 1 aromatic heterocycles. The van der Waals surface area contributed by atoms with Gasteiger partial charge in [-0.1, -0.05) is 11.6 Å². The van der Waals surface area contributed by atoms with E-state index in [1.807, 2.05) is 18.2 Å². The van der Waals surface area contributed by atoms with Gasteiger partial charge in [-0.05, 0) is 37.5 Å². The fourth-order valence-electron chi connectivity index (χ4n) is 3.75. The summed E-state index contributed by atoms with van der Waals surface area (Å²) in [4.78, 5) is 7.32. The van der Waals surface area contributed by atoms with Crippen LogP contribution in [0.15, 0.2) is 18.2 Å². The molecule has 4 rings (SSSR count). The van der Waals surface area contributed by atoms with Crippen molar-refractivity contribution in [1.82, 2.24) is 14.5 Å². The van der Waals surface area contributed by atoms with Crippen LogP contribution in [0, 0.1) is 0 Å². The number of rotatable bonds is 2. The fourth-order valence-corrected chi connectivity index (χ4v) is 3.91. The number of halogens is 1. The molecule has 2 heterocycles. The predicted octanol–water partition coefficient (Wildman–Crippen LogP) is 2.98. The van der Waals surface area contributed by atoms with Gasteiger partial charge in [-0.15, -0.1) is 0 Å². The van der Waals surface area contributed by atoms with Crippen LogP contribution in [0.3, 0.4) is 0 Å². The molecule has 0 radical (unpaired) electrons. The molecular weight excluding hydrogens is 286 g/mol. The first-order chi connectivity index (χ1) is 10.2. The van der Waals surface area contributed by atoms with Crippen molar-refractivity contribution in [3.8, 4) is 0 Å². The predicted molar refractivity (Wildman–Crippen MR) is 83.5 cm³/mol. The lowest BCUT2D eigenvalue weighted by Crippen LogP contribution is -2.48. The van der Waals surface area contributed by atoms with E-state index in [2.05, 4.69) is 16.5 Å². The molecule has 1 aliphatic carbocycles. The Hall–Kier alpha value is -1.10. The first kappa shape index (κ1) is 13.6. The number of ether oxygens (including phenoxy) is 1. The topological polar surface area (TPSA) is 30.3 Å². The summed E-state index contributed by atoms with van der Waals surface area (Å²) in [5.74, 6) is 1.11. The average molecular weight is 306 g/mol. The maximum Gasteiger partial charge on any atom is 0.123 e. The highest BCUT2D eigenvalue weighted by Gasteiger charge is 2.36. The average Bonchev–Trinajstić information content (AvgIpc) is 3.05. The lowest BCUT2D eigenvalue weighted by molar-refractivity contribution is -0.0598. The SMILES string of the molecule is Cn1c(CN2CCO[C@@H]3CCC[C@@H]32)nc2cc(Cl)ccc21. The monoisotopic (exact) mass is 305 g/mol. The van der Waals surface area contributed by atoms with Crippen molar-refractivity contribution in [2.75, 3.05) is 13.2 Å². The molecule has 112 valence electrons. The number of hydrogen-bond acceptors (Lipinski definition) is 3. The van der Waals surface area contributed by atoms with Crippen LogP contribution in [0.2, 0.25) is 5.02 Å². The number of aromatic nitrogens is 2. The minimum atomic E-state index is 0.433. The number of imidazole rings is 1. The van der Waals surface area contributed by atoms with Crippen LogP contribution in [0.4, 0.5) is 0 Å². The van der Waals surface area contributed by atoms with Crippen LogP contribution >= 0.6 is 11.6 Å². The molecule has 4 nitrogen and oxygen atoms in total. The molecule has 2 atom stereocenters. The number of aryl methyl sites for hydroxylation is 1. The van der Waals surface area contributed by atoms with E-state index in [1.165, 1.54) is 19.3 Å². The van der Waals surface area contributed by atoms with Crippen molar-refractivity contribution in [1.29, 1.82) is 0 Å². The smallest absolute Gasteiger partial charge is 0.123 e. The largest absolute Gasteiger partial charge is 0.375 e. The van der Waals surface area contributed by atoms with E-state index in [0.29, 0.717) is 12.1 Å². The molecule has 2 aliphatic rings. The lowest BCUT2D eigenvalue weighted by Gasteiger charge is -2.37. The molecule has 1 aliphatic heterocycles. The Bertz CT molecular complexity index is 669. The highest BCUT2D eigenvalue weighted by atomic mass is 35.5. The quantitative estimate of drug-likeness (QED) is 0.854. The van der Waals surface area contributed by atoms with Crippen molar-refractivity contribution in [3.63, 3.8) is 0 Å². The van der Waals surface area contributed by atoms with Crippen molar-refractivity contribution < 1.29 is 4.74 Å². The Balaban J connectivity index is 1.63. The number of morpholine rings is 1. The van der Waals surface area contributed by atoms with Crippen LogP contribution in [0.25, 0.3) is 11.0 Å². The molecule has 0 N–H and O–H groups in total. The van der Waals surface area contributed by atoms with Gasteiger partial charge in [0.1, 0.15) is 5.82 Å². The van der Waals surface area contributed by atoms with Gasteiger partial charge in [-0.25, -0.2) is 4.98 Å². The summed E-state index contributed by atoms with van der Waals surface area (Å²) in [6.45, 7) is 2.75. The molecule has 0 spiro atoms. The highest BCUT2D eigenvalue weighted by molar-refractivity contribution is 6.31. The maximum absolute atomic E-state index is 6.07. The van der Waals surface area contributed by atoms with Crippen molar-refractivity contribution in [2.45, 2.75) is 38.0 Å². The zero-order chi connectivity index (χ0) is 14.4. The van der Waals surface area contributed by atoms with Crippen molar-refractivity contribution in [3.05, 3.63) is 29.0 Å². The molecule has 1 aromatic carbocycles. The summed E-state index contributed by atoms with van der Waals surface area (Å²) in [7, 11) is 2.09. The second-order valence-corrected chi connectivity index (χ2v) is 6.53. The zero-order valence-corrected chi connectivity index (χ0v) is 13.0. The van der Waals surface area contributed by atoms with Gasteiger partial charge >= 0.3 is 0 Å². The van der Waals surface area contributed by atoms with E-state index < -0.39 is 0 Å². The van der Waals surface area contributed by atoms with Gasteiger partial charge < -0.3 is 9.30 Å². The molecule has 0 bridgehead atoms. The first-order valence-electron chi connectivity index (χ1n) is 7.69. The highest BCUT2D eigenvalue weighted by Crippen LogP contribution is 2.31. The van der Waals surface area contributed by atoms with Crippen molar-refractivity contribution >= 4 is 22.6 Å². The summed E-state index contributed by atoms with van der Waals surface area (Å²) >= 11 is 6.07. The molecule has 0 unspecified atom stereocenters. The maximum atomic E-state index is 6.07. The van der Waals surface area contributed by atoms with Crippen LogP contribution in [0.5, 0.6) is 0 Å². The molecule has 1 saturated heterocycles. The molecule has 0 amide bonds. The van der Waals surface area contributed by atoms with E-state index in [0.717, 1.165) is 41.6 Å². The van der Waals surface area contributed by atoms with Crippen LogP contribution in [-0.2, 0) is 18.3 Å². The third-order valence-electron chi connectivity index (χ3n) is 4.88. The Morgan fingerprint density at radius 2 is 2.29 bits per heavy atom. The third-order valence-corrected chi connectivity index (χ3v) is 5.11.